The number of fused-ring (bicyclic) bond motifs is 1. The van der Waals surface area contributed by atoms with E-state index in [2.05, 4.69) is 31.0 Å². The Morgan fingerprint density at radius 2 is 1.88 bits per heavy atom. The molecule has 1 amide bonds. The Morgan fingerprint density at radius 1 is 1.09 bits per heavy atom. The number of anilines is 1. The number of aromatic nitrogens is 2. The van der Waals surface area contributed by atoms with Crippen LogP contribution in [0, 0.1) is 13.8 Å². The SMILES string of the molecule is COc1ccc(SCCCC(=O)N(Cc2cccnc2)c2nc3c(C)ccc(C)c3s2)cc1. The molecule has 4 rings (SSSR count). The lowest BCUT2D eigenvalue weighted by molar-refractivity contribution is -0.118. The van der Waals surface area contributed by atoms with Gasteiger partial charge in [0.15, 0.2) is 5.13 Å². The van der Waals surface area contributed by atoms with Crippen LogP contribution in [-0.4, -0.2) is 28.7 Å². The molecule has 2 aromatic heterocycles. The third-order valence-corrected chi connectivity index (χ3v) is 7.70. The van der Waals surface area contributed by atoms with E-state index in [9.17, 15) is 4.79 Å². The molecule has 0 fully saturated rings. The number of methoxy groups -OCH3 is 1. The molecular formula is C26H27N3O2S2. The molecule has 0 N–H and O–H groups in total. The minimum absolute atomic E-state index is 0.0866. The monoisotopic (exact) mass is 477 g/mol. The number of aryl methyl sites for hydroxylation is 2. The van der Waals surface area contributed by atoms with Gasteiger partial charge in [-0.2, -0.15) is 0 Å². The highest BCUT2D eigenvalue weighted by molar-refractivity contribution is 7.99. The number of rotatable bonds is 9. The lowest BCUT2D eigenvalue weighted by atomic mass is 10.1. The van der Waals surface area contributed by atoms with Gasteiger partial charge < -0.3 is 4.74 Å². The summed E-state index contributed by atoms with van der Waals surface area (Å²) in [4.78, 5) is 25.4. The van der Waals surface area contributed by atoms with Crippen molar-refractivity contribution < 1.29 is 9.53 Å². The van der Waals surface area contributed by atoms with Crippen molar-refractivity contribution in [3.8, 4) is 5.75 Å². The van der Waals surface area contributed by atoms with Crippen molar-refractivity contribution in [2.75, 3.05) is 17.8 Å². The van der Waals surface area contributed by atoms with Crippen molar-refractivity contribution in [2.24, 2.45) is 0 Å². The number of hydrogen-bond donors (Lipinski definition) is 0. The van der Waals surface area contributed by atoms with Crippen LogP contribution in [0.1, 0.15) is 29.5 Å². The Hall–Kier alpha value is -2.90. The molecule has 0 spiro atoms. The zero-order chi connectivity index (χ0) is 23.2. The summed E-state index contributed by atoms with van der Waals surface area (Å²) in [5.74, 6) is 1.81. The van der Waals surface area contributed by atoms with Gasteiger partial charge in [-0.05, 0) is 73.0 Å². The molecule has 0 unspecified atom stereocenters. The second kappa shape index (κ2) is 10.8. The summed E-state index contributed by atoms with van der Waals surface area (Å²) in [7, 11) is 1.67. The fourth-order valence-corrected chi connectivity index (χ4v) is 5.50. The normalized spacial score (nSPS) is 11.0. The summed E-state index contributed by atoms with van der Waals surface area (Å²) in [5.41, 5.74) is 4.28. The van der Waals surface area contributed by atoms with E-state index in [1.165, 1.54) is 10.5 Å². The van der Waals surface area contributed by atoms with Crippen LogP contribution < -0.4 is 9.64 Å². The van der Waals surface area contributed by atoms with Gasteiger partial charge in [-0.1, -0.05) is 29.5 Å². The number of thiazole rings is 1. The average Bonchev–Trinajstić information content (AvgIpc) is 3.30. The summed E-state index contributed by atoms with van der Waals surface area (Å²) < 4.78 is 6.35. The van der Waals surface area contributed by atoms with Gasteiger partial charge in [-0.3, -0.25) is 14.7 Å². The van der Waals surface area contributed by atoms with E-state index in [4.69, 9.17) is 9.72 Å². The number of hydrogen-bond acceptors (Lipinski definition) is 6. The largest absolute Gasteiger partial charge is 0.497 e. The molecule has 0 aliphatic heterocycles. The van der Waals surface area contributed by atoms with Crippen molar-refractivity contribution >= 4 is 44.4 Å². The van der Waals surface area contributed by atoms with Crippen molar-refractivity contribution in [1.82, 2.24) is 9.97 Å². The first-order chi connectivity index (χ1) is 16.0. The van der Waals surface area contributed by atoms with Gasteiger partial charge >= 0.3 is 0 Å². The van der Waals surface area contributed by atoms with E-state index in [1.54, 1.807) is 36.4 Å². The minimum atomic E-state index is 0.0866. The van der Waals surface area contributed by atoms with Crippen LogP contribution in [0.4, 0.5) is 5.13 Å². The van der Waals surface area contributed by atoms with Crippen LogP contribution in [0.15, 0.2) is 65.8 Å². The van der Waals surface area contributed by atoms with Gasteiger partial charge in [-0.25, -0.2) is 4.98 Å². The van der Waals surface area contributed by atoms with Gasteiger partial charge in [-0.15, -0.1) is 11.8 Å². The van der Waals surface area contributed by atoms with Crippen LogP contribution in [0.2, 0.25) is 0 Å². The van der Waals surface area contributed by atoms with Crippen molar-refractivity contribution in [2.45, 2.75) is 38.1 Å². The predicted molar refractivity (Wildman–Crippen MR) is 137 cm³/mol. The highest BCUT2D eigenvalue weighted by atomic mass is 32.2. The van der Waals surface area contributed by atoms with E-state index in [0.717, 1.165) is 44.4 Å². The number of amides is 1. The molecule has 170 valence electrons. The van der Waals surface area contributed by atoms with Crippen molar-refractivity contribution in [3.63, 3.8) is 0 Å². The Bertz CT molecular complexity index is 1180. The first-order valence-electron chi connectivity index (χ1n) is 10.9. The van der Waals surface area contributed by atoms with E-state index in [0.29, 0.717) is 13.0 Å². The molecule has 2 heterocycles. The highest BCUT2D eigenvalue weighted by Crippen LogP contribution is 2.34. The molecule has 0 atom stereocenters. The van der Waals surface area contributed by atoms with Gasteiger partial charge in [0.25, 0.3) is 0 Å². The molecule has 33 heavy (non-hydrogen) atoms. The lowest BCUT2D eigenvalue weighted by Crippen LogP contribution is -2.30. The third kappa shape index (κ3) is 5.72. The second-order valence-corrected chi connectivity index (χ2v) is 9.99. The summed E-state index contributed by atoms with van der Waals surface area (Å²) in [5, 5.41) is 0.749. The lowest BCUT2D eigenvalue weighted by Gasteiger charge is -2.20. The average molecular weight is 478 g/mol. The number of pyridine rings is 1. The highest BCUT2D eigenvalue weighted by Gasteiger charge is 2.21. The number of ether oxygens (including phenoxy) is 1. The first kappa shape index (κ1) is 23.3. The molecule has 0 saturated carbocycles. The maximum absolute atomic E-state index is 13.3. The zero-order valence-corrected chi connectivity index (χ0v) is 20.7. The quantitative estimate of drug-likeness (QED) is 0.206. The smallest absolute Gasteiger partial charge is 0.229 e. The van der Waals surface area contributed by atoms with E-state index in [1.807, 2.05) is 47.5 Å². The van der Waals surface area contributed by atoms with Crippen LogP contribution in [-0.2, 0) is 11.3 Å². The maximum Gasteiger partial charge on any atom is 0.229 e. The summed E-state index contributed by atoms with van der Waals surface area (Å²) in [6.45, 7) is 4.62. The summed E-state index contributed by atoms with van der Waals surface area (Å²) in [6, 6.07) is 16.1. The molecule has 2 aromatic carbocycles. The standard InChI is InChI=1S/C26H27N3O2S2/c1-18-8-9-19(2)25-24(18)28-26(33-25)29(17-20-6-4-14-27-16-20)23(30)7-5-15-32-22-12-10-21(31-3)11-13-22/h4,6,8-14,16H,5,7,15,17H2,1-3H3. The van der Waals surface area contributed by atoms with Crippen LogP contribution in [0.3, 0.4) is 0 Å². The number of carbonyl (C=O) groups is 1. The predicted octanol–water partition coefficient (Wildman–Crippen LogP) is 6.42. The van der Waals surface area contributed by atoms with E-state index >= 15 is 0 Å². The van der Waals surface area contributed by atoms with E-state index < -0.39 is 0 Å². The molecule has 7 heteroatoms. The fourth-order valence-electron chi connectivity index (χ4n) is 3.52. The van der Waals surface area contributed by atoms with Gasteiger partial charge in [0, 0.05) is 23.7 Å². The molecule has 0 bridgehead atoms. The Morgan fingerprint density at radius 3 is 2.58 bits per heavy atom. The first-order valence-corrected chi connectivity index (χ1v) is 12.7. The summed E-state index contributed by atoms with van der Waals surface area (Å²) >= 11 is 3.34. The van der Waals surface area contributed by atoms with Gasteiger partial charge in [0.2, 0.25) is 5.91 Å². The van der Waals surface area contributed by atoms with E-state index in [-0.39, 0.29) is 5.91 Å². The van der Waals surface area contributed by atoms with Crippen molar-refractivity contribution in [3.05, 3.63) is 77.6 Å². The second-order valence-electron chi connectivity index (χ2n) is 7.84. The molecule has 0 aliphatic rings. The Labute approximate surface area is 202 Å². The van der Waals surface area contributed by atoms with Crippen LogP contribution in [0.5, 0.6) is 5.75 Å². The molecule has 0 aliphatic carbocycles. The number of nitrogens with zero attached hydrogens (tertiary/aromatic N) is 3. The Balaban J connectivity index is 1.47. The molecule has 0 saturated heterocycles. The number of thioether (sulfide) groups is 1. The zero-order valence-electron chi connectivity index (χ0n) is 19.1. The fraction of sp³-hybridized carbons (Fsp3) is 0.269. The topological polar surface area (TPSA) is 55.3 Å². The molecule has 5 nitrogen and oxygen atoms in total. The summed E-state index contributed by atoms with van der Waals surface area (Å²) in [6.07, 6.45) is 4.82. The third-order valence-electron chi connectivity index (χ3n) is 5.39. The van der Waals surface area contributed by atoms with Crippen LogP contribution >= 0.6 is 23.1 Å². The molecular weight excluding hydrogens is 450 g/mol. The minimum Gasteiger partial charge on any atom is -0.497 e. The number of carbonyl (C=O) groups excluding carboxylic acids is 1. The van der Waals surface area contributed by atoms with Crippen LogP contribution in [0.25, 0.3) is 10.2 Å². The maximum atomic E-state index is 13.3. The van der Waals surface area contributed by atoms with Crippen molar-refractivity contribution in [1.29, 1.82) is 0 Å². The molecule has 4 aromatic rings. The molecule has 0 radical (unpaired) electrons. The Kier molecular flexibility index (Phi) is 7.62. The van der Waals surface area contributed by atoms with Gasteiger partial charge in [0.05, 0.1) is 23.9 Å². The van der Waals surface area contributed by atoms with Gasteiger partial charge in [0.1, 0.15) is 5.75 Å². The number of benzene rings is 2.